The lowest BCUT2D eigenvalue weighted by Gasteiger charge is -2.39. The maximum atomic E-state index is 13.7. The Morgan fingerprint density at radius 1 is 1.33 bits per heavy atom. The molecule has 24 heavy (non-hydrogen) atoms. The van der Waals surface area contributed by atoms with E-state index in [2.05, 4.69) is 17.3 Å². The molecule has 1 atom stereocenters. The molecule has 4 nitrogen and oxygen atoms in total. The normalized spacial score (nSPS) is 18.4. The highest BCUT2D eigenvalue weighted by Crippen LogP contribution is 2.34. The lowest BCUT2D eigenvalue weighted by atomic mass is 9.74. The van der Waals surface area contributed by atoms with E-state index >= 15 is 0 Å². The summed E-state index contributed by atoms with van der Waals surface area (Å²) in [5, 5.41) is 7.89. The molecule has 5 heteroatoms. The number of hydrogen-bond donors (Lipinski definition) is 1. The molecule has 1 aliphatic rings. The Morgan fingerprint density at radius 3 is 2.88 bits per heavy atom. The maximum absolute atomic E-state index is 13.7. The van der Waals surface area contributed by atoms with E-state index in [1.54, 1.807) is 12.3 Å². The number of aryl methyl sites for hydroxylation is 1. The molecule has 0 bridgehead atoms. The molecule has 2 heterocycles. The van der Waals surface area contributed by atoms with Crippen LogP contribution >= 0.6 is 0 Å². The molecule has 0 unspecified atom stereocenters. The molecule has 1 N–H and O–H groups in total. The van der Waals surface area contributed by atoms with Crippen LogP contribution in [0.3, 0.4) is 0 Å². The molecule has 3 rings (SSSR count). The third-order valence-electron chi connectivity index (χ3n) is 5.03. The van der Waals surface area contributed by atoms with Gasteiger partial charge in [0.1, 0.15) is 5.82 Å². The Balaban J connectivity index is 1.62. The fourth-order valence-corrected chi connectivity index (χ4v) is 3.38. The van der Waals surface area contributed by atoms with Gasteiger partial charge in [-0.15, -0.1) is 0 Å². The van der Waals surface area contributed by atoms with Gasteiger partial charge in [0.2, 0.25) is 0 Å². The van der Waals surface area contributed by atoms with E-state index in [0.717, 1.165) is 51.1 Å². The van der Waals surface area contributed by atoms with Gasteiger partial charge < -0.3 is 10.1 Å². The highest BCUT2D eigenvalue weighted by molar-refractivity contribution is 5.27. The first kappa shape index (κ1) is 17.1. The summed E-state index contributed by atoms with van der Waals surface area (Å²) in [5.41, 5.74) is 1.04. The van der Waals surface area contributed by atoms with Crippen molar-refractivity contribution in [1.29, 1.82) is 0 Å². The van der Waals surface area contributed by atoms with Gasteiger partial charge in [-0.3, -0.25) is 4.68 Å². The molecular weight excluding hydrogens is 305 g/mol. The zero-order valence-corrected chi connectivity index (χ0v) is 14.2. The Morgan fingerprint density at radius 2 is 2.17 bits per heavy atom. The Hall–Kier alpha value is -1.72. The van der Waals surface area contributed by atoms with Crippen LogP contribution in [0.5, 0.6) is 0 Å². The lowest BCUT2D eigenvalue weighted by Crippen LogP contribution is -2.45. The summed E-state index contributed by atoms with van der Waals surface area (Å²) in [4.78, 5) is 0. The van der Waals surface area contributed by atoms with Crippen LogP contribution in [-0.2, 0) is 16.7 Å². The number of rotatable bonds is 7. The van der Waals surface area contributed by atoms with Crippen molar-refractivity contribution >= 4 is 0 Å². The first-order valence-electron chi connectivity index (χ1n) is 8.73. The minimum atomic E-state index is -0.162. The Kier molecular flexibility index (Phi) is 5.63. The fraction of sp³-hybridized carbons (Fsp3) is 0.526. The summed E-state index contributed by atoms with van der Waals surface area (Å²) in [7, 11) is 0. The molecule has 0 amide bonds. The molecule has 130 valence electrons. The van der Waals surface area contributed by atoms with Crippen molar-refractivity contribution in [3.63, 3.8) is 0 Å². The molecule has 1 fully saturated rings. The van der Waals surface area contributed by atoms with Crippen molar-refractivity contribution in [3.05, 3.63) is 54.1 Å². The van der Waals surface area contributed by atoms with Crippen molar-refractivity contribution in [2.24, 2.45) is 0 Å². The van der Waals surface area contributed by atoms with Gasteiger partial charge in [-0.05, 0) is 49.9 Å². The molecule has 1 saturated heterocycles. The molecule has 0 aliphatic carbocycles. The number of benzene rings is 1. The van der Waals surface area contributed by atoms with Crippen LogP contribution in [0.25, 0.3) is 0 Å². The second-order valence-electron chi connectivity index (χ2n) is 6.74. The van der Waals surface area contributed by atoms with Gasteiger partial charge in [-0.2, -0.15) is 5.10 Å². The Labute approximate surface area is 143 Å². The molecule has 0 saturated carbocycles. The summed E-state index contributed by atoms with van der Waals surface area (Å²) in [6, 6.07) is 9.37. The molecule has 1 aliphatic heterocycles. The van der Waals surface area contributed by atoms with E-state index in [1.165, 1.54) is 6.07 Å². The second-order valence-corrected chi connectivity index (χ2v) is 6.74. The molecular formula is C19H26FN3O. The smallest absolute Gasteiger partial charge is 0.123 e. The molecule has 1 aromatic heterocycles. The number of halogens is 1. The van der Waals surface area contributed by atoms with Crippen molar-refractivity contribution in [1.82, 2.24) is 15.1 Å². The molecule has 2 aromatic rings. The van der Waals surface area contributed by atoms with Gasteiger partial charge in [0.05, 0.1) is 0 Å². The highest BCUT2D eigenvalue weighted by Gasteiger charge is 2.34. The average Bonchev–Trinajstić information content (AvgIpc) is 3.12. The lowest BCUT2D eigenvalue weighted by molar-refractivity contribution is 0.0488. The van der Waals surface area contributed by atoms with E-state index in [9.17, 15) is 4.39 Å². The Bertz CT molecular complexity index is 623. The van der Waals surface area contributed by atoms with E-state index < -0.39 is 0 Å². The minimum absolute atomic E-state index is 0.0414. The van der Waals surface area contributed by atoms with Gasteiger partial charge in [0, 0.05) is 50.2 Å². The van der Waals surface area contributed by atoms with Crippen LogP contribution in [0.2, 0.25) is 0 Å². The zero-order chi connectivity index (χ0) is 16.8. The predicted octanol–water partition coefficient (Wildman–Crippen LogP) is 3.14. The second kappa shape index (κ2) is 7.90. The number of nitrogens with zero attached hydrogens (tertiary/aromatic N) is 2. The first-order chi connectivity index (χ1) is 11.7. The van der Waals surface area contributed by atoms with Gasteiger partial charge >= 0.3 is 0 Å². The summed E-state index contributed by atoms with van der Waals surface area (Å²) in [6.07, 6.45) is 6.65. The van der Waals surface area contributed by atoms with Gasteiger partial charge in [-0.1, -0.05) is 12.1 Å². The van der Waals surface area contributed by atoms with Crippen molar-refractivity contribution < 1.29 is 9.13 Å². The predicted molar refractivity (Wildman–Crippen MR) is 92.4 cm³/mol. The van der Waals surface area contributed by atoms with Crippen molar-refractivity contribution in [2.75, 3.05) is 19.8 Å². The number of ether oxygens (including phenoxy) is 1. The summed E-state index contributed by atoms with van der Waals surface area (Å²) < 4.78 is 21.2. The number of hydrogen-bond acceptors (Lipinski definition) is 3. The van der Waals surface area contributed by atoms with Gasteiger partial charge in [0.15, 0.2) is 0 Å². The highest BCUT2D eigenvalue weighted by atomic mass is 19.1. The first-order valence-corrected chi connectivity index (χ1v) is 8.73. The van der Waals surface area contributed by atoms with Crippen LogP contribution in [0.1, 0.15) is 31.7 Å². The molecule has 1 aromatic carbocycles. The van der Waals surface area contributed by atoms with Crippen LogP contribution in [0, 0.1) is 5.82 Å². The maximum Gasteiger partial charge on any atom is 0.123 e. The fourth-order valence-electron chi connectivity index (χ4n) is 3.38. The van der Waals surface area contributed by atoms with Crippen LogP contribution in [0.4, 0.5) is 4.39 Å². The van der Waals surface area contributed by atoms with Crippen LogP contribution in [0.15, 0.2) is 42.7 Å². The van der Waals surface area contributed by atoms with Gasteiger partial charge in [0.25, 0.3) is 0 Å². The quantitative estimate of drug-likeness (QED) is 0.847. The summed E-state index contributed by atoms with van der Waals surface area (Å²) >= 11 is 0. The number of nitrogens with one attached hydrogen (secondary N) is 1. The van der Waals surface area contributed by atoms with Crippen molar-refractivity contribution in [3.8, 4) is 0 Å². The van der Waals surface area contributed by atoms with E-state index in [1.807, 2.05) is 29.1 Å². The SMILES string of the molecule is C[C@H](CCn1cccn1)NCC1(c2cccc(F)c2)CCOCC1. The minimum Gasteiger partial charge on any atom is -0.381 e. The molecule has 0 radical (unpaired) electrons. The molecule has 0 spiro atoms. The standard InChI is InChI=1S/C19H26FN3O/c1-16(6-11-23-10-3-9-22-23)21-15-19(7-12-24-13-8-19)17-4-2-5-18(20)14-17/h2-5,9-10,14,16,21H,6-8,11-13,15H2,1H3/t16-/m1/s1. The van der Waals surface area contributed by atoms with E-state index in [4.69, 9.17) is 4.74 Å². The number of aromatic nitrogens is 2. The van der Waals surface area contributed by atoms with E-state index in [-0.39, 0.29) is 11.2 Å². The largest absolute Gasteiger partial charge is 0.381 e. The zero-order valence-electron chi connectivity index (χ0n) is 14.2. The summed E-state index contributed by atoms with van der Waals surface area (Å²) in [5.74, 6) is -0.162. The third kappa shape index (κ3) is 4.22. The third-order valence-corrected chi connectivity index (χ3v) is 5.03. The van der Waals surface area contributed by atoms with E-state index in [0.29, 0.717) is 6.04 Å². The topological polar surface area (TPSA) is 39.1 Å². The van der Waals surface area contributed by atoms with Crippen molar-refractivity contribution in [2.45, 2.75) is 44.2 Å². The van der Waals surface area contributed by atoms with Gasteiger partial charge in [-0.25, -0.2) is 4.39 Å². The van der Waals surface area contributed by atoms with Crippen LogP contribution < -0.4 is 5.32 Å². The average molecular weight is 331 g/mol. The monoisotopic (exact) mass is 331 g/mol. The summed E-state index contributed by atoms with van der Waals surface area (Å²) in [6.45, 7) is 5.42. The van der Waals surface area contributed by atoms with Crippen LogP contribution in [-0.4, -0.2) is 35.6 Å².